The molecule has 1 amide bonds. The van der Waals surface area contributed by atoms with Crippen molar-refractivity contribution in [3.05, 3.63) is 15.2 Å². The molecule has 3 N–H and O–H groups in total. The van der Waals surface area contributed by atoms with E-state index >= 15 is 0 Å². The van der Waals surface area contributed by atoms with Gasteiger partial charge in [-0.25, -0.2) is 9.89 Å². The van der Waals surface area contributed by atoms with Crippen LogP contribution in [0.1, 0.15) is 13.0 Å². The Morgan fingerprint density at radius 1 is 1.83 bits per heavy atom. The van der Waals surface area contributed by atoms with E-state index in [4.69, 9.17) is 5.73 Å². The van der Waals surface area contributed by atoms with Crippen LogP contribution in [0.15, 0.2) is 9.53 Å². The maximum Gasteiger partial charge on any atom is 0.344 e. The Morgan fingerprint density at radius 2 is 2.42 bits per heavy atom. The number of hydrogen-bond donors (Lipinski definition) is 2. The molecule has 12 heavy (non-hydrogen) atoms. The molecule has 1 aromatic rings. The zero-order valence-corrected chi connectivity index (χ0v) is 7.83. The van der Waals surface area contributed by atoms with Crippen molar-refractivity contribution in [3.63, 3.8) is 0 Å². The number of nitrogens with zero attached hydrogens (tertiary/aromatic N) is 2. The molecule has 66 valence electrons. The Kier molecular flexibility index (Phi) is 2.32. The number of aromatic nitrogens is 3. The van der Waals surface area contributed by atoms with Gasteiger partial charge in [-0.3, -0.25) is 9.36 Å². The highest BCUT2D eigenvalue weighted by Crippen LogP contribution is 2.08. The average Bonchev–Trinajstić information content (AvgIpc) is 2.30. The van der Waals surface area contributed by atoms with Crippen LogP contribution < -0.4 is 11.4 Å². The molecule has 1 unspecified atom stereocenters. The first-order chi connectivity index (χ1) is 5.54. The van der Waals surface area contributed by atoms with E-state index in [2.05, 4.69) is 26.1 Å². The van der Waals surface area contributed by atoms with E-state index in [1.165, 1.54) is 6.92 Å². The highest BCUT2D eigenvalue weighted by Gasteiger charge is 2.16. The van der Waals surface area contributed by atoms with Gasteiger partial charge in [0.15, 0.2) is 0 Å². The first kappa shape index (κ1) is 8.98. The fourth-order valence-electron chi connectivity index (χ4n) is 0.748. The molecule has 0 aromatic carbocycles. The fourth-order valence-corrected chi connectivity index (χ4v) is 1.31. The number of nitrogens with two attached hydrogens (primary N) is 1. The van der Waals surface area contributed by atoms with Crippen LogP contribution in [0, 0.1) is 0 Å². The van der Waals surface area contributed by atoms with Gasteiger partial charge >= 0.3 is 5.69 Å². The van der Waals surface area contributed by atoms with E-state index in [-0.39, 0.29) is 4.73 Å². The predicted molar refractivity (Wildman–Crippen MR) is 44.5 cm³/mol. The van der Waals surface area contributed by atoms with Crippen LogP contribution >= 0.6 is 15.9 Å². The summed E-state index contributed by atoms with van der Waals surface area (Å²) in [5.74, 6) is -0.584. The van der Waals surface area contributed by atoms with Gasteiger partial charge < -0.3 is 5.73 Å². The number of halogens is 1. The highest BCUT2D eigenvalue weighted by molar-refractivity contribution is 9.10. The van der Waals surface area contributed by atoms with E-state index in [1.54, 1.807) is 0 Å². The van der Waals surface area contributed by atoms with Crippen LogP contribution in [-0.2, 0) is 4.79 Å². The molecule has 0 fully saturated rings. The maximum absolute atomic E-state index is 11.0. The molecule has 0 saturated heterocycles. The number of H-pyrrole nitrogens is 1. The first-order valence-corrected chi connectivity index (χ1v) is 3.95. The van der Waals surface area contributed by atoms with Crippen LogP contribution in [0.2, 0.25) is 0 Å². The second kappa shape index (κ2) is 3.10. The number of primary amides is 1. The summed E-state index contributed by atoms with van der Waals surface area (Å²) in [6, 6.07) is -0.703. The van der Waals surface area contributed by atoms with Crippen molar-refractivity contribution in [3.8, 4) is 0 Å². The standard InChI is InChI=1S/C5H7BrN4O2/c1-2(3(7)11)10-4(6)8-9-5(10)12/h2H,1H3,(H2,7,11)(H,9,12). The average molecular weight is 235 g/mol. The summed E-state index contributed by atoms with van der Waals surface area (Å²) in [6.07, 6.45) is 0. The van der Waals surface area contributed by atoms with Gasteiger partial charge in [0.25, 0.3) is 0 Å². The molecule has 1 rings (SSSR count). The van der Waals surface area contributed by atoms with E-state index in [0.717, 1.165) is 4.57 Å². The van der Waals surface area contributed by atoms with E-state index < -0.39 is 17.6 Å². The second-order valence-corrected chi connectivity index (χ2v) is 2.96. The van der Waals surface area contributed by atoms with Crippen molar-refractivity contribution < 1.29 is 4.79 Å². The van der Waals surface area contributed by atoms with Crippen molar-refractivity contribution in [2.24, 2.45) is 5.73 Å². The molecule has 0 saturated carbocycles. The Bertz CT molecular complexity index is 355. The van der Waals surface area contributed by atoms with Gasteiger partial charge in [-0.05, 0) is 22.9 Å². The number of nitrogens with one attached hydrogen (secondary N) is 1. The van der Waals surface area contributed by atoms with Crippen molar-refractivity contribution in [2.45, 2.75) is 13.0 Å². The molecule has 0 aliphatic rings. The minimum atomic E-state index is -0.703. The maximum atomic E-state index is 11.0. The summed E-state index contributed by atoms with van der Waals surface area (Å²) in [6.45, 7) is 1.52. The molecule has 0 bridgehead atoms. The Labute approximate surface area is 75.9 Å². The van der Waals surface area contributed by atoms with Crippen molar-refractivity contribution in [1.29, 1.82) is 0 Å². The lowest BCUT2D eigenvalue weighted by atomic mass is 10.3. The molecule has 1 aromatic heterocycles. The lowest BCUT2D eigenvalue weighted by Gasteiger charge is -2.06. The molecule has 0 aliphatic heterocycles. The lowest BCUT2D eigenvalue weighted by Crippen LogP contribution is -2.30. The largest absolute Gasteiger partial charge is 0.368 e. The third kappa shape index (κ3) is 1.40. The van der Waals surface area contributed by atoms with Gasteiger partial charge in [-0.15, -0.1) is 5.10 Å². The van der Waals surface area contributed by atoms with Gasteiger partial charge in [0, 0.05) is 0 Å². The van der Waals surface area contributed by atoms with Crippen LogP contribution in [0.5, 0.6) is 0 Å². The molecule has 1 heterocycles. The van der Waals surface area contributed by atoms with Crippen molar-refractivity contribution >= 4 is 21.8 Å². The summed E-state index contributed by atoms with van der Waals surface area (Å²) < 4.78 is 1.39. The lowest BCUT2D eigenvalue weighted by molar-refractivity contribution is -0.120. The first-order valence-electron chi connectivity index (χ1n) is 3.15. The van der Waals surface area contributed by atoms with Gasteiger partial charge in [0.1, 0.15) is 6.04 Å². The number of carbonyl (C=O) groups excluding carboxylic acids is 1. The quantitative estimate of drug-likeness (QED) is 0.715. The summed E-state index contributed by atoms with van der Waals surface area (Å²) in [5, 5.41) is 5.73. The summed E-state index contributed by atoms with van der Waals surface area (Å²) in [5.41, 5.74) is 4.54. The van der Waals surface area contributed by atoms with Gasteiger partial charge in [0.2, 0.25) is 10.6 Å². The number of hydrogen-bond acceptors (Lipinski definition) is 3. The molecule has 7 heteroatoms. The van der Waals surface area contributed by atoms with Gasteiger partial charge in [-0.2, -0.15) is 0 Å². The van der Waals surface area contributed by atoms with Crippen molar-refractivity contribution in [1.82, 2.24) is 14.8 Å². The molecule has 1 atom stereocenters. The Balaban J connectivity index is 3.18. The summed E-state index contributed by atoms with van der Waals surface area (Å²) >= 11 is 3.00. The third-order valence-corrected chi connectivity index (χ3v) is 2.02. The highest BCUT2D eigenvalue weighted by atomic mass is 79.9. The van der Waals surface area contributed by atoms with Crippen LogP contribution in [-0.4, -0.2) is 20.7 Å². The number of carbonyl (C=O) groups is 1. The molecular formula is C5H7BrN4O2. The molecule has 6 nitrogen and oxygen atoms in total. The van der Waals surface area contributed by atoms with Gasteiger partial charge in [-0.1, -0.05) is 0 Å². The second-order valence-electron chi connectivity index (χ2n) is 2.25. The zero-order chi connectivity index (χ0) is 9.30. The number of aromatic amines is 1. The van der Waals surface area contributed by atoms with Crippen LogP contribution in [0.3, 0.4) is 0 Å². The number of amides is 1. The van der Waals surface area contributed by atoms with Gasteiger partial charge in [0.05, 0.1) is 0 Å². The molecule has 0 spiro atoms. The van der Waals surface area contributed by atoms with Crippen molar-refractivity contribution in [2.75, 3.05) is 0 Å². The normalized spacial score (nSPS) is 12.8. The van der Waals surface area contributed by atoms with Crippen LogP contribution in [0.25, 0.3) is 0 Å². The SMILES string of the molecule is CC(C(N)=O)n1c(Br)n[nH]c1=O. The monoisotopic (exact) mass is 234 g/mol. The number of rotatable bonds is 2. The zero-order valence-electron chi connectivity index (χ0n) is 6.24. The molecule has 0 aliphatic carbocycles. The van der Waals surface area contributed by atoms with E-state index in [0.29, 0.717) is 0 Å². The summed E-state index contributed by atoms with van der Waals surface area (Å²) in [7, 11) is 0. The summed E-state index contributed by atoms with van der Waals surface area (Å²) in [4.78, 5) is 21.7. The van der Waals surface area contributed by atoms with E-state index in [1.807, 2.05) is 0 Å². The molecule has 0 radical (unpaired) electrons. The Hall–Kier alpha value is -1.11. The van der Waals surface area contributed by atoms with Crippen LogP contribution in [0.4, 0.5) is 0 Å². The fraction of sp³-hybridized carbons (Fsp3) is 0.400. The minimum absolute atomic E-state index is 0.263. The predicted octanol–water partition coefficient (Wildman–Crippen LogP) is -0.620. The topological polar surface area (TPSA) is 93.8 Å². The minimum Gasteiger partial charge on any atom is -0.368 e. The smallest absolute Gasteiger partial charge is 0.344 e. The van der Waals surface area contributed by atoms with E-state index in [9.17, 15) is 9.59 Å². The molecular weight excluding hydrogens is 228 g/mol. The third-order valence-electron chi connectivity index (χ3n) is 1.46. The Morgan fingerprint density at radius 3 is 2.75 bits per heavy atom.